The number of aliphatic imine (C=N–C) groups is 1. The van der Waals surface area contributed by atoms with Gasteiger partial charge in [0.1, 0.15) is 0 Å². The zero-order valence-corrected chi connectivity index (χ0v) is 19.9. The maximum absolute atomic E-state index is 6.09. The van der Waals surface area contributed by atoms with E-state index in [2.05, 4.69) is 39.3 Å². The maximum Gasteiger partial charge on any atom is 0.193 e. The number of ether oxygens (including phenoxy) is 2. The van der Waals surface area contributed by atoms with Crippen LogP contribution in [0.25, 0.3) is 0 Å². The summed E-state index contributed by atoms with van der Waals surface area (Å²) in [6.07, 6.45) is 1.13. The lowest BCUT2D eigenvalue weighted by Crippen LogP contribution is -2.47. The Kier molecular flexibility index (Phi) is 10.3. The first-order valence-electron chi connectivity index (χ1n) is 9.74. The van der Waals surface area contributed by atoms with E-state index in [0.717, 1.165) is 70.0 Å². The molecular weight excluding hydrogens is 491 g/mol. The van der Waals surface area contributed by atoms with Crippen LogP contribution in [-0.4, -0.2) is 82.5 Å². The van der Waals surface area contributed by atoms with Gasteiger partial charge in [-0.05, 0) is 24.1 Å². The summed E-state index contributed by atoms with van der Waals surface area (Å²) in [5.41, 5.74) is 1.26. The molecule has 2 saturated heterocycles. The topological polar surface area (TPSA) is 49.3 Å². The van der Waals surface area contributed by atoms with Crippen molar-refractivity contribution in [3.05, 3.63) is 34.9 Å². The van der Waals surface area contributed by atoms with Crippen molar-refractivity contribution in [2.24, 2.45) is 10.9 Å². The Morgan fingerprint density at radius 1 is 1.25 bits per heavy atom. The zero-order chi connectivity index (χ0) is 19.1. The van der Waals surface area contributed by atoms with Crippen molar-refractivity contribution in [1.29, 1.82) is 0 Å². The minimum absolute atomic E-state index is 0. The largest absolute Gasteiger partial charge is 0.381 e. The summed E-state index contributed by atoms with van der Waals surface area (Å²) < 4.78 is 11.0. The summed E-state index contributed by atoms with van der Waals surface area (Å²) in [5, 5.41) is 4.34. The second kappa shape index (κ2) is 12.2. The Morgan fingerprint density at radius 3 is 2.57 bits per heavy atom. The van der Waals surface area contributed by atoms with E-state index in [1.165, 1.54) is 5.56 Å². The summed E-state index contributed by atoms with van der Waals surface area (Å²) in [7, 11) is 3.94. The predicted molar refractivity (Wildman–Crippen MR) is 125 cm³/mol. The lowest BCUT2D eigenvalue weighted by molar-refractivity contribution is 0.0169. The van der Waals surface area contributed by atoms with Crippen LogP contribution in [0.2, 0.25) is 5.02 Å². The highest BCUT2D eigenvalue weighted by atomic mass is 127. The van der Waals surface area contributed by atoms with Gasteiger partial charge in [-0.15, -0.1) is 24.0 Å². The number of morpholine rings is 1. The number of nitrogens with zero attached hydrogens (tertiary/aromatic N) is 3. The minimum Gasteiger partial charge on any atom is -0.381 e. The molecule has 0 bridgehead atoms. The summed E-state index contributed by atoms with van der Waals surface area (Å²) in [5.74, 6) is 1.51. The maximum atomic E-state index is 6.09. The SMILES string of the molecule is CN=C(NCC(c1ccc(Cl)cc1)N1CCOCC1)N(C)CC1CCOC1.I. The van der Waals surface area contributed by atoms with Gasteiger partial charge >= 0.3 is 0 Å². The molecule has 0 spiro atoms. The molecule has 2 aliphatic heterocycles. The van der Waals surface area contributed by atoms with Crippen LogP contribution in [0.5, 0.6) is 0 Å². The molecule has 2 unspecified atom stereocenters. The molecule has 1 N–H and O–H groups in total. The minimum atomic E-state index is 0. The van der Waals surface area contributed by atoms with Gasteiger partial charge in [0.2, 0.25) is 0 Å². The summed E-state index contributed by atoms with van der Waals surface area (Å²) >= 11 is 6.09. The molecule has 0 aliphatic carbocycles. The highest BCUT2D eigenvalue weighted by Gasteiger charge is 2.24. The Bertz CT molecular complexity index is 605. The van der Waals surface area contributed by atoms with Gasteiger partial charge in [0, 0.05) is 57.8 Å². The van der Waals surface area contributed by atoms with Crippen LogP contribution in [-0.2, 0) is 9.47 Å². The van der Waals surface area contributed by atoms with Gasteiger partial charge in [0.15, 0.2) is 5.96 Å². The molecule has 1 aromatic rings. The molecule has 2 fully saturated rings. The summed E-state index contributed by atoms with van der Waals surface area (Å²) in [4.78, 5) is 9.16. The molecule has 28 heavy (non-hydrogen) atoms. The number of guanidine groups is 1. The van der Waals surface area contributed by atoms with E-state index in [1.54, 1.807) is 0 Å². The van der Waals surface area contributed by atoms with Crippen molar-refractivity contribution in [3.8, 4) is 0 Å². The second-order valence-electron chi connectivity index (χ2n) is 7.25. The van der Waals surface area contributed by atoms with Gasteiger partial charge in [-0.1, -0.05) is 23.7 Å². The third-order valence-electron chi connectivity index (χ3n) is 5.32. The molecule has 0 saturated carbocycles. The first kappa shape index (κ1) is 23.7. The number of benzene rings is 1. The van der Waals surface area contributed by atoms with Crippen LogP contribution in [0.1, 0.15) is 18.0 Å². The number of nitrogens with one attached hydrogen (secondary N) is 1. The summed E-state index contributed by atoms with van der Waals surface area (Å²) in [6, 6.07) is 8.42. The summed E-state index contributed by atoms with van der Waals surface area (Å²) in [6.45, 7) is 6.90. The van der Waals surface area contributed by atoms with Gasteiger partial charge in [0.05, 0.1) is 25.9 Å². The molecule has 0 radical (unpaired) electrons. The Morgan fingerprint density at radius 2 is 1.96 bits per heavy atom. The molecule has 2 heterocycles. The number of rotatable bonds is 6. The molecule has 1 aromatic carbocycles. The van der Waals surface area contributed by atoms with E-state index in [9.17, 15) is 0 Å². The quantitative estimate of drug-likeness (QED) is 0.354. The van der Waals surface area contributed by atoms with Crippen molar-refractivity contribution in [3.63, 3.8) is 0 Å². The normalized spacial score (nSPS) is 21.8. The standard InChI is InChI=1S/C20H31ClN4O2.HI/c1-22-20(24(2)14-16-7-10-27-15-16)23-13-19(25-8-11-26-12-9-25)17-3-5-18(21)6-4-17;/h3-6,16,19H,7-15H2,1-2H3,(H,22,23);1H. The Hall–Kier alpha value is -0.610. The van der Waals surface area contributed by atoms with Crippen molar-refractivity contribution in [1.82, 2.24) is 15.1 Å². The molecule has 2 atom stereocenters. The van der Waals surface area contributed by atoms with E-state index in [4.69, 9.17) is 21.1 Å². The Balaban J connectivity index is 0.00000280. The van der Waals surface area contributed by atoms with Crippen molar-refractivity contribution >= 4 is 41.5 Å². The molecule has 0 aromatic heterocycles. The molecule has 3 rings (SSSR count). The van der Waals surface area contributed by atoms with Crippen LogP contribution < -0.4 is 5.32 Å². The third kappa shape index (κ3) is 6.73. The van der Waals surface area contributed by atoms with Crippen molar-refractivity contribution in [2.45, 2.75) is 12.5 Å². The van der Waals surface area contributed by atoms with Crippen molar-refractivity contribution in [2.75, 3.05) is 66.7 Å². The highest BCUT2D eigenvalue weighted by Crippen LogP contribution is 2.23. The average molecular weight is 523 g/mol. The average Bonchev–Trinajstić information content (AvgIpc) is 3.20. The molecule has 8 heteroatoms. The van der Waals surface area contributed by atoms with Crippen LogP contribution >= 0.6 is 35.6 Å². The first-order valence-corrected chi connectivity index (χ1v) is 10.1. The van der Waals surface area contributed by atoms with Gasteiger partial charge in [-0.25, -0.2) is 0 Å². The number of halogens is 2. The van der Waals surface area contributed by atoms with Crippen LogP contribution in [0.4, 0.5) is 0 Å². The second-order valence-corrected chi connectivity index (χ2v) is 7.69. The van der Waals surface area contributed by atoms with E-state index in [1.807, 2.05) is 19.2 Å². The molecule has 2 aliphatic rings. The first-order chi connectivity index (χ1) is 13.2. The van der Waals surface area contributed by atoms with E-state index in [-0.39, 0.29) is 30.0 Å². The fraction of sp³-hybridized carbons (Fsp3) is 0.650. The third-order valence-corrected chi connectivity index (χ3v) is 5.58. The molecular formula is C20H32ClIN4O2. The highest BCUT2D eigenvalue weighted by molar-refractivity contribution is 14.0. The molecule has 158 valence electrons. The lowest BCUT2D eigenvalue weighted by atomic mass is 10.0. The van der Waals surface area contributed by atoms with Gasteiger partial charge in [0.25, 0.3) is 0 Å². The smallest absolute Gasteiger partial charge is 0.193 e. The van der Waals surface area contributed by atoms with Crippen LogP contribution in [0.3, 0.4) is 0 Å². The number of hydrogen-bond donors (Lipinski definition) is 1. The van der Waals surface area contributed by atoms with E-state index < -0.39 is 0 Å². The Labute approximate surface area is 190 Å². The van der Waals surface area contributed by atoms with Crippen molar-refractivity contribution < 1.29 is 9.47 Å². The van der Waals surface area contributed by atoms with Gasteiger partial charge in [-0.3, -0.25) is 9.89 Å². The zero-order valence-electron chi connectivity index (χ0n) is 16.8. The predicted octanol–water partition coefficient (Wildman–Crippen LogP) is 2.88. The van der Waals surface area contributed by atoms with E-state index in [0.29, 0.717) is 5.92 Å². The number of hydrogen-bond acceptors (Lipinski definition) is 4. The molecule has 0 amide bonds. The fourth-order valence-corrected chi connectivity index (χ4v) is 3.93. The monoisotopic (exact) mass is 522 g/mol. The van der Waals surface area contributed by atoms with Gasteiger partial charge < -0.3 is 19.7 Å². The van der Waals surface area contributed by atoms with Crippen LogP contribution in [0.15, 0.2) is 29.3 Å². The lowest BCUT2D eigenvalue weighted by Gasteiger charge is -2.36. The van der Waals surface area contributed by atoms with Gasteiger partial charge in [-0.2, -0.15) is 0 Å². The van der Waals surface area contributed by atoms with E-state index >= 15 is 0 Å². The molecule has 6 nitrogen and oxygen atoms in total. The fourth-order valence-electron chi connectivity index (χ4n) is 3.81. The van der Waals surface area contributed by atoms with Crippen LogP contribution in [0, 0.1) is 5.92 Å².